The molecular weight excluding hydrogens is 264 g/mol. The first-order valence-electron chi connectivity index (χ1n) is 5.99. The number of aromatic hydroxyl groups is 2. The number of aliphatic carboxylic acids is 1. The monoisotopic (exact) mass is 282 g/mol. The molecule has 7 heteroatoms. The molecule has 0 heterocycles. The van der Waals surface area contributed by atoms with Gasteiger partial charge in [-0.05, 0) is 32.3 Å². The molecule has 0 aliphatic carbocycles. The first-order chi connectivity index (χ1) is 9.31. The number of carbonyl (C=O) groups is 2. The normalized spacial score (nSPS) is 10.6. The largest absolute Gasteiger partial charge is 0.508 e. The Labute approximate surface area is 116 Å². The minimum absolute atomic E-state index is 0.120. The predicted molar refractivity (Wildman–Crippen MR) is 71.9 cm³/mol. The van der Waals surface area contributed by atoms with Gasteiger partial charge in [0.25, 0.3) is 5.91 Å². The Balaban J connectivity index is 2.96. The van der Waals surface area contributed by atoms with E-state index in [4.69, 9.17) is 5.11 Å². The van der Waals surface area contributed by atoms with Gasteiger partial charge in [-0.15, -0.1) is 0 Å². The maximum Gasteiger partial charge on any atom is 0.323 e. The molecule has 0 unspecified atom stereocenters. The van der Waals surface area contributed by atoms with Gasteiger partial charge in [0, 0.05) is 13.1 Å². The van der Waals surface area contributed by atoms with E-state index >= 15 is 0 Å². The quantitative estimate of drug-likeness (QED) is 0.644. The number of rotatable bonds is 6. The summed E-state index contributed by atoms with van der Waals surface area (Å²) in [6.45, 7) is 0.216. The molecule has 0 spiro atoms. The van der Waals surface area contributed by atoms with Crippen molar-refractivity contribution in [1.82, 2.24) is 9.80 Å². The van der Waals surface area contributed by atoms with Crippen LogP contribution in [0.4, 0.5) is 0 Å². The van der Waals surface area contributed by atoms with E-state index in [9.17, 15) is 19.8 Å². The zero-order valence-corrected chi connectivity index (χ0v) is 11.4. The lowest BCUT2D eigenvalue weighted by Crippen LogP contribution is -2.40. The van der Waals surface area contributed by atoms with E-state index in [-0.39, 0.29) is 23.6 Å². The molecule has 3 N–H and O–H groups in total. The van der Waals surface area contributed by atoms with Gasteiger partial charge >= 0.3 is 5.97 Å². The standard InChI is InChI=1S/C13H18N2O5/c1-14(2)5-6-15(8-12(18)19)13(20)10-7-9(16)3-4-11(10)17/h3-4,7,16-17H,5-6,8H2,1-2H3,(H,18,19). The SMILES string of the molecule is CN(C)CCN(CC(=O)O)C(=O)c1cc(O)ccc1O. The van der Waals surface area contributed by atoms with Crippen molar-refractivity contribution >= 4 is 11.9 Å². The summed E-state index contributed by atoms with van der Waals surface area (Å²) in [5, 5.41) is 27.9. The number of phenols is 2. The van der Waals surface area contributed by atoms with Crippen LogP contribution >= 0.6 is 0 Å². The van der Waals surface area contributed by atoms with Crippen LogP contribution in [0.5, 0.6) is 11.5 Å². The number of hydrogen-bond donors (Lipinski definition) is 3. The number of hydrogen-bond acceptors (Lipinski definition) is 5. The highest BCUT2D eigenvalue weighted by atomic mass is 16.4. The van der Waals surface area contributed by atoms with Crippen molar-refractivity contribution in [3.8, 4) is 11.5 Å². The highest BCUT2D eigenvalue weighted by molar-refractivity contribution is 5.98. The van der Waals surface area contributed by atoms with Gasteiger partial charge in [0.2, 0.25) is 0 Å². The molecule has 110 valence electrons. The number of phenolic OH excluding ortho intramolecular Hbond substituents is 2. The van der Waals surface area contributed by atoms with Crippen LogP contribution < -0.4 is 0 Å². The number of amides is 1. The van der Waals surface area contributed by atoms with Crippen LogP contribution in [0, 0.1) is 0 Å². The Hall–Kier alpha value is -2.28. The molecule has 0 fully saturated rings. The molecule has 1 amide bonds. The lowest BCUT2D eigenvalue weighted by Gasteiger charge is -2.23. The van der Waals surface area contributed by atoms with Crippen molar-refractivity contribution in [3.63, 3.8) is 0 Å². The Morgan fingerprint density at radius 2 is 1.80 bits per heavy atom. The molecule has 1 aromatic rings. The third kappa shape index (κ3) is 4.43. The van der Waals surface area contributed by atoms with E-state index in [2.05, 4.69) is 0 Å². The van der Waals surface area contributed by atoms with Crippen LogP contribution in [-0.4, -0.2) is 70.7 Å². The third-order valence-electron chi connectivity index (χ3n) is 2.64. The average Bonchev–Trinajstić information content (AvgIpc) is 2.36. The molecule has 1 rings (SSSR count). The summed E-state index contributed by atoms with van der Waals surface area (Å²) in [4.78, 5) is 26.0. The van der Waals surface area contributed by atoms with E-state index in [0.717, 1.165) is 11.0 Å². The lowest BCUT2D eigenvalue weighted by molar-refractivity contribution is -0.137. The Morgan fingerprint density at radius 1 is 1.15 bits per heavy atom. The number of carboxylic acid groups (broad SMARTS) is 1. The second-order valence-corrected chi connectivity index (χ2v) is 4.63. The highest BCUT2D eigenvalue weighted by Crippen LogP contribution is 2.23. The van der Waals surface area contributed by atoms with E-state index in [0.29, 0.717) is 6.54 Å². The van der Waals surface area contributed by atoms with Crippen LogP contribution in [0.1, 0.15) is 10.4 Å². The fourth-order valence-corrected chi connectivity index (χ4v) is 1.60. The maximum absolute atomic E-state index is 12.2. The van der Waals surface area contributed by atoms with Crippen molar-refractivity contribution in [2.24, 2.45) is 0 Å². The Kier molecular flexibility index (Phi) is 5.33. The maximum atomic E-state index is 12.2. The number of likely N-dealkylation sites (N-methyl/N-ethyl adjacent to an activating group) is 1. The second kappa shape index (κ2) is 6.76. The van der Waals surface area contributed by atoms with Crippen LogP contribution in [0.15, 0.2) is 18.2 Å². The van der Waals surface area contributed by atoms with Crippen LogP contribution in [0.25, 0.3) is 0 Å². The third-order valence-corrected chi connectivity index (χ3v) is 2.64. The van der Waals surface area contributed by atoms with E-state index in [1.807, 2.05) is 4.90 Å². The average molecular weight is 282 g/mol. The molecule has 0 bridgehead atoms. The van der Waals surface area contributed by atoms with Gasteiger partial charge in [0.05, 0.1) is 5.56 Å². The van der Waals surface area contributed by atoms with Gasteiger partial charge in [-0.1, -0.05) is 0 Å². The molecule has 0 aromatic heterocycles. The molecular formula is C13H18N2O5. The number of nitrogens with zero attached hydrogens (tertiary/aromatic N) is 2. The minimum atomic E-state index is -1.14. The van der Waals surface area contributed by atoms with Crippen molar-refractivity contribution in [3.05, 3.63) is 23.8 Å². The smallest absolute Gasteiger partial charge is 0.323 e. The van der Waals surface area contributed by atoms with Crippen molar-refractivity contribution < 1.29 is 24.9 Å². The lowest BCUT2D eigenvalue weighted by atomic mass is 10.1. The van der Waals surface area contributed by atoms with Crippen LogP contribution in [0.2, 0.25) is 0 Å². The summed E-state index contributed by atoms with van der Waals surface area (Å²) < 4.78 is 0. The van der Waals surface area contributed by atoms with Gasteiger partial charge in [0.1, 0.15) is 18.0 Å². The van der Waals surface area contributed by atoms with Gasteiger partial charge in [0.15, 0.2) is 0 Å². The molecule has 7 nitrogen and oxygen atoms in total. The molecule has 0 saturated heterocycles. The fraction of sp³-hybridized carbons (Fsp3) is 0.385. The van der Waals surface area contributed by atoms with Gasteiger partial charge in [-0.25, -0.2) is 0 Å². The highest BCUT2D eigenvalue weighted by Gasteiger charge is 2.21. The van der Waals surface area contributed by atoms with Crippen LogP contribution in [0.3, 0.4) is 0 Å². The van der Waals surface area contributed by atoms with E-state index in [1.54, 1.807) is 14.1 Å². The van der Waals surface area contributed by atoms with Crippen LogP contribution in [-0.2, 0) is 4.79 Å². The van der Waals surface area contributed by atoms with Crippen molar-refractivity contribution in [2.45, 2.75) is 0 Å². The number of benzene rings is 1. The molecule has 20 heavy (non-hydrogen) atoms. The second-order valence-electron chi connectivity index (χ2n) is 4.63. The van der Waals surface area contributed by atoms with E-state index < -0.39 is 18.4 Å². The number of carbonyl (C=O) groups excluding carboxylic acids is 1. The van der Waals surface area contributed by atoms with Crippen molar-refractivity contribution in [1.29, 1.82) is 0 Å². The molecule has 0 radical (unpaired) electrons. The number of carboxylic acids is 1. The summed E-state index contributed by atoms with van der Waals surface area (Å²) in [6, 6.07) is 3.54. The van der Waals surface area contributed by atoms with Gasteiger partial charge < -0.3 is 25.1 Å². The summed E-state index contributed by atoms with van der Waals surface area (Å²) in [7, 11) is 3.60. The molecule has 0 aliphatic heterocycles. The fourth-order valence-electron chi connectivity index (χ4n) is 1.60. The van der Waals surface area contributed by atoms with E-state index in [1.165, 1.54) is 12.1 Å². The first kappa shape index (κ1) is 15.8. The zero-order valence-electron chi connectivity index (χ0n) is 11.4. The molecule has 0 aliphatic rings. The minimum Gasteiger partial charge on any atom is -0.508 e. The molecule has 1 aromatic carbocycles. The topological polar surface area (TPSA) is 101 Å². The summed E-state index contributed by atoms with van der Waals surface area (Å²) in [5.74, 6) is -2.25. The van der Waals surface area contributed by atoms with Gasteiger partial charge in [-0.2, -0.15) is 0 Å². The van der Waals surface area contributed by atoms with Crippen molar-refractivity contribution in [2.75, 3.05) is 33.7 Å². The summed E-state index contributed by atoms with van der Waals surface area (Å²) in [6.07, 6.45) is 0. The zero-order chi connectivity index (χ0) is 15.3. The van der Waals surface area contributed by atoms with Gasteiger partial charge in [-0.3, -0.25) is 9.59 Å². The predicted octanol–water partition coefficient (Wildman–Crippen LogP) is 0.186. The Morgan fingerprint density at radius 3 is 2.35 bits per heavy atom. The molecule has 0 atom stereocenters. The Bertz CT molecular complexity index is 502. The summed E-state index contributed by atoms with van der Waals surface area (Å²) >= 11 is 0. The molecule has 0 saturated carbocycles. The summed E-state index contributed by atoms with van der Waals surface area (Å²) in [5.41, 5.74) is -0.120. The first-order valence-corrected chi connectivity index (χ1v) is 5.99.